The second kappa shape index (κ2) is 5.64. The molecule has 2 unspecified atom stereocenters. The molecule has 0 aromatic carbocycles. The van der Waals surface area contributed by atoms with E-state index >= 15 is 0 Å². The predicted octanol–water partition coefficient (Wildman–Crippen LogP) is 2.06. The molecular weight excluding hydrogens is 212 g/mol. The smallest absolute Gasteiger partial charge is 0.160 e. The van der Waals surface area contributed by atoms with Gasteiger partial charge in [-0.3, -0.25) is 4.79 Å². The summed E-state index contributed by atoms with van der Waals surface area (Å²) in [5.74, 6) is -0.565. The molecule has 0 radical (unpaired) electrons. The molecule has 2 atom stereocenters. The molecule has 0 spiro atoms. The molecule has 0 rings (SSSR count). The lowest BCUT2D eigenvalue weighted by Crippen LogP contribution is -2.31. The SMILES string of the molecule is CCC(C)C(=O)CS(=O)(=O)C(C)C(C)C. The fourth-order valence-electron chi connectivity index (χ4n) is 1.11. The van der Waals surface area contributed by atoms with E-state index in [2.05, 4.69) is 0 Å². The Kier molecular flexibility index (Phi) is 5.49. The van der Waals surface area contributed by atoms with Gasteiger partial charge in [0.2, 0.25) is 0 Å². The molecule has 0 amide bonds. The Morgan fingerprint density at radius 3 is 1.93 bits per heavy atom. The largest absolute Gasteiger partial charge is 0.298 e. The third-order valence-electron chi connectivity index (χ3n) is 3.01. The van der Waals surface area contributed by atoms with E-state index in [1.54, 1.807) is 13.8 Å². The van der Waals surface area contributed by atoms with E-state index in [9.17, 15) is 13.2 Å². The lowest BCUT2D eigenvalue weighted by Gasteiger charge is -2.17. The maximum Gasteiger partial charge on any atom is 0.160 e. The molecule has 0 saturated carbocycles. The average molecular weight is 234 g/mol. The van der Waals surface area contributed by atoms with Crippen LogP contribution in [-0.4, -0.2) is 25.2 Å². The molecular formula is C11H22O3S. The summed E-state index contributed by atoms with van der Waals surface area (Å²) in [6.07, 6.45) is 0.699. The van der Waals surface area contributed by atoms with Crippen LogP contribution < -0.4 is 0 Å². The standard InChI is InChI=1S/C11H22O3S/c1-6-9(4)11(12)7-15(13,14)10(5)8(2)3/h8-10H,6-7H2,1-5H3. The Balaban J connectivity index is 4.59. The molecule has 0 aliphatic rings. The summed E-state index contributed by atoms with van der Waals surface area (Å²) in [5, 5.41) is -0.439. The highest BCUT2D eigenvalue weighted by Gasteiger charge is 2.27. The minimum absolute atomic E-state index is 0.0553. The van der Waals surface area contributed by atoms with Crippen LogP contribution in [0, 0.1) is 11.8 Å². The molecule has 3 nitrogen and oxygen atoms in total. The second-order valence-electron chi connectivity index (χ2n) is 4.53. The molecule has 0 saturated heterocycles. The van der Waals surface area contributed by atoms with Crippen LogP contribution >= 0.6 is 0 Å². The minimum Gasteiger partial charge on any atom is -0.298 e. The molecule has 0 aliphatic carbocycles. The summed E-state index contributed by atoms with van der Waals surface area (Å²) in [7, 11) is -3.26. The van der Waals surface area contributed by atoms with Gasteiger partial charge in [0.15, 0.2) is 15.6 Å². The van der Waals surface area contributed by atoms with Crippen molar-refractivity contribution in [2.45, 2.75) is 46.3 Å². The summed E-state index contributed by atoms with van der Waals surface area (Å²) < 4.78 is 23.6. The molecule has 0 bridgehead atoms. The van der Waals surface area contributed by atoms with Gasteiger partial charge >= 0.3 is 0 Å². The molecule has 0 aliphatic heterocycles. The van der Waals surface area contributed by atoms with Crippen LogP contribution in [0.3, 0.4) is 0 Å². The quantitative estimate of drug-likeness (QED) is 0.707. The van der Waals surface area contributed by atoms with Crippen molar-refractivity contribution in [1.29, 1.82) is 0 Å². The monoisotopic (exact) mass is 234 g/mol. The summed E-state index contributed by atoms with van der Waals surface area (Å²) in [6.45, 7) is 9.05. The Labute approximate surface area is 93.2 Å². The first-order valence-corrected chi connectivity index (χ1v) is 7.18. The molecule has 0 aromatic rings. The number of ketones is 1. The second-order valence-corrected chi connectivity index (χ2v) is 6.89. The van der Waals surface area contributed by atoms with E-state index < -0.39 is 15.1 Å². The maximum absolute atomic E-state index is 11.8. The Bertz CT molecular complexity index is 304. The molecule has 0 fully saturated rings. The van der Waals surface area contributed by atoms with Crippen LogP contribution in [0.15, 0.2) is 0 Å². The highest BCUT2D eigenvalue weighted by Crippen LogP contribution is 2.14. The number of hydrogen-bond donors (Lipinski definition) is 0. The molecule has 90 valence electrons. The van der Waals surface area contributed by atoms with Crippen molar-refractivity contribution in [2.75, 3.05) is 5.75 Å². The van der Waals surface area contributed by atoms with Crippen molar-refractivity contribution < 1.29 is 13.2 Å². The third-order valence-corrected chi connectivity index (χ3v) is 5.37. The van der Waals surface area contributed by atoms with Crippen LogP contribution in [0.4, 0.5) is 0 Å². The van der Waals surface area contributed by atoms with E-state index in [-0.39, 0.29) is 23.4 Å². The topological polar surface area (TPSA) is 51.2 Å². The first-order chi connectivity index (χ1) is 6.72. The van der Waals surface area contributed by atoms with E-state index in [1.165, 1.54) is 0 Å². The van der Waals surface area contributed by atoms with E-state index in [0.29, 0.717) is 6.42 Å². The number of Topliss-reactive ketones (excluding diaryl/α,β-unsaturated/α-hetero) is 1. The van der Waals surface area contributed by atoms with Gasteiger partial charge in [-0.2, -0.15) is 0 Å². The van der Waals surface area contributed by atoms with E-state index in [0.717, 1.165) is 0 Å². The third kappa shape index (κ3) is 4.33. The van der Waals surface area contributed by atoms with Crippen molar-refractivity contribution in [3.63, 3.8) is 0 Å². The lowest BCUT2D eigenvalue weighted by molar-refractivity contribution is -0.119. The Morgan fingerprint density at radius 1 is 1.13 bits per heavy atom. The Morgan fingerprint density at radius 2 is 1.60 bits per heavy atom. The minimum atomic E-state index is -3.26. The van der Waals surface area contributed by atoms with Gasteiger partial charge in [0, 0.05) is 5.92 Å². The van der Waals surface area contributed by atoms with Gasteiger partial charge in [0.1, 0.15) is 5.75 Å². The zero-order valence-corrected chi connectivity index (χ0v) is 11.1. The van der Waals surface area contributed by atoms with Gasteiger partial charge in [-0.1, -0.05) is 27.7 Å². The van der Waals surface area contributed by atoms with Crippen LogP contribution in [0.25, 0.3) is 0 Å². The molecule has 0 N–H and O–H groups in total. The number of hydrogen-bond acceptors (Lipinski definition) is 3. The van der Waals surface area contributed by atoms with Crippen LogP contribution in [0.5, 0.6) is 0 Å². The number of rotatable bonds is 6. The van der Waals surface area contributed by atoms with Crippen molar-refractivity contribution in [2.24, 2.45) is 11.8 Å². The van der Waals surface area contributed by atoms with Gasteiger partial charge in [0.05, 0.1) is 5.25 Å². The Hall–Kier alpha value is -0.380. The van der Waals surface area contributed by atoms with Crippen LogP contribution in [-0.2, 0) is 14.6 Å². The van der Waals surface area contributed by atoms with Crippen LogP contribution in [0.2, 0.25) is 0 Å². The molecule has 15 heavy (non-hydrogen) atoms. The fourth-order valence-corrected chi connectivity index (χ4v) is 2.89. The van der Waals surface area contributed by atoms with Gasteiger partial charge in [-0.15, -0.1) is 0 Å². The predicted molar refractivity (Wildman–Crippen MR) is 62.5 cm³/mol. The normalized spacial score (nSPS) is 16.4. The van der Waals surface area contributed by atoms with E-state index in [1.807, 2.05) is 20.8 Å². The van der Waals surface area contributed by atoms with Gasteiger partial charge < -0.3 is 0 Å². The fraction of sp³-hybridized carbons (Fsp3) is 0.909. The molecule has 4 heteroatoms. The van der Waals surface area contributed by atoms with Crippen LogP contribution in [0.1, 0.15) is 41.0 Å². The maximum atomic E-state index is 11.8. The average Bonchev–Trinajstić information content (AvgIpc) is 2.14. The number of carbonyl (C=O) groups is 1. The first-order valence-electron chi connectivity index (χ1n) is 5.46. The lowest BCUT2D eigenvalue weighted by atomic mass is 10.1. The number of carbonyl (C=O) groups excluding carboxylic acids is 1. The van der Waals surface area contributed by atoms with Crippen molar-refractivity contribution in [3.05, 3.63) is 0 Å². The summed E-state index contributed by atoms with van der Waals surface area (Å²) >= 11 is 0. The highest BCUT2D eigenvalue weighted by atomic mass is 32.2. The molecule has 0 aromatic heterocycles. The first kappa shape index (κ1) is 14.6. The summed E-state index contributed by atoms with van der Waals surface area (Å²) in [4.78, 5) is 11.5. The zero-order chi connectivity index (χ0) is 12.2. The van der Waals surface area contributed by atoms with E-state index in [4.69, 9.17) is 0 Å². The van der Waals surface area contributed by atoms with Crippen molar-refractivity contribution in [1.82, 2.24) is 0 Å². The van der Waals surface area contributed by atoms with Gasteiger partial charge in [0.25, 0.3) is 0 Å². The molecule has 0 heterocycles. The summed E-state index contributed by atoms with van der Waals surface area (Å²) in [6, 6.07) is 0. The van der Waals surface area contributed by atoms with Crippen molar-refractivity contribution >= 4 is 15.6 Å². The van der Waals surface area contributed by atoms with Gasteiger partial charge in [-0.25, -0.2) is 8.42 Å². The van der Waals surface area contributed by atoms with Gasteiger partial charge in [-0.05, 0) is 19.3 Å². The zero-order valence-electron chi connectivity index (χ0n) is 10.3. The number of sulfone groups is 1. The van der Waals surface area contributed by atoms with Crippen molar-refractivity contribution in [3.8, 4) is 0 Å². The summed E-state index contributed by atoms with van der Waals surface area (Å²) in [5.41, 5.74) is 0. The highest BCUT2D eigenvalue weighted by molar-refractivity contribution is 7.92.